The number of nitrogens with zero attached hydrogens (tertiary/aromatic N) is 1. The summed E-state index contributed by atoms with van der Waals surface area (Å²) in [5.74, 6) is 0.670. The fraction of sp³-hybridized carbons (Fsp3) is 0.125. The Balaban J connectivity index is 1.94. The zero-order chi connectivity index (χ0) is 18.6. The van der Waals surface area contributed by atoms with E-state index in [1.165, 1.54) is 0 Å². The Morgan fingerprint density at radius 3 is 2.04 bits per heavy atom. The van der Waals surface area contributed by atoms with Gasteiger partial charge in [0.2, 0.25) is 0 Å². The summed E-state index contributed by atoms with van der Waals surface area (Å²) >= 11 is 0. The molecule has 4 aromatic rings. The Hall–Kier alpha value is -3.33. The van der Waals surface area contributed by atoms with E-state index in [9.17, 15) is 4.79 Å². The van der Waals surface area contributed by atoms with Gasteiger partial charge in [0.1, 0.15) is 5.75 Å². The minimum Gasteiger partial charge on any atom is -0.496 e. The molecule has 0 fully saturated rings. The van der Waals surface area contributed by atoms with Crippen molar-refractivity contribution in [2.45, 2.75) is 13.0 Å². The molecule has 0 spiro atoms. The van der Waals surface area contributed by atoms with Gasteiger partial charge < -0.3 is 9.30 Å². The molecule has 134 valence electrons. The first-order valence-electron chi connectivity index (χ1n) is 9.04. The molecule has 1 aromatic heterocycles. The molecular weight excluding hydrogens is 334 g/mol. The van der Waals surface area contributed by atoms with Gasteiger partial charge in [-0.15, -0.1) is 0 Å². The Bertz CT molecular complexity index is 1120. The van der Waals surface area contributed by atoms with Gasteiger partial charge in [-0.1, -0.05) is 72.8 Å². The van der Waals surface area contributed by atoms with Crippen LogP contribution in [0.4, 0.5) is 0 Å². The van der Waals surface area contributed by atoms with Crippen molar-refractivity contribution < 1.29 is 4.74 Å². The molecule has 4 rings (SSSR count). The Labute approximate surface area is 158 Å². The summed E-state index contributed by atoms with van der Waals surface area (Å²) < 4.78 is 7.56. The predicted octanol–water partition coefficient (Wildman–Crippen LogP) is 4.65. The molecule has 0 aliphatic rings. The number of fused-ring (bicyclic) bond motifs is 1. The van der Waals surface area contributed by atoms with E-state index in [2.05, 4.69) is 0 Å². The number of aromatic nitrogens is 1. The van der Waals surface area contributed by atoms with Crippen LogP contribution in [0, 0.1) is 0 Å². The maximum absolute atomic E-state index is 13.5. The molecule has 0 unspecified atom stereocenters. The van der Waals surface area contributed by atoms with Gasteiger partial charge in [0.15, 0.2) is 0 Å². The highest BCUT2D eigenvalue weighted by Gasteiger charge is 2.17. The van der Waals surface area contributed by atoms with E-state index in [1.807, 2.05) is 89.5 Å². The van der Waals surface area contributed by atoms with Crippen LogP contribution in [0.15, 0.2) is 89.7 Å². The molecule has 3 aromatic carbocycles. The van der Waals surface area contributed by atoms with Gasteiger partial charge in [0.05, 0.1) is 24.7 Å². The summed E-state index contributed by atoms with van der Waals surface area (Å²) in [5.41, 5.74) is 3.77. The van der Waals surface area contributed by atoms with E-state index >= 15 is 0 Å². The van der Waals surface area contributed by atoms with Crippen LogP contribution in [0.1, 0.15) is 16.7 Å². The lowest BCUT2D eigenvalue weighted by Gasteiger charge is -2.17. The lowest BCUT2D eigenvalue weighted by molar-refractivity contribution is 0.413. The van der Waals surface area contributed by atoms with Crippen LogP contribution in [-0.4, -0.2) is 11.7 Å². The third-order valence-electron chi connectivity index (χ3n) is 4.83. The smallest absolute Gasteiger partial charge is 0.258 e. The van der Waals surface area contributed by atoms with Crippen molar-refractivity contribution in [1.82, 2.24) is 4.57 Å². The third-order valence-corrected chi connectivity index (χ3v) is 4.83. The molecule has 3 heteroatoms. The van der Waals surface area contributed by atoms with Crippen molar-refractivity contribution in [2.75, 3.05) is 7.11 Å². The minimum absolute atomic E-state index is 0.00161. The molecule has 0 N–H and O–H groups in total. The van der Waals surface area contributed by atoms with Crippen molar-refractivity contribution in [1.29, 1.82) is 0 Å². The number of hydrogen-bond acceptors (Lipinski definition) is 2. The minimum atomic E-state index is -0.00161. The maximum Gasteiger partial charge on any atom is 0.258 e. The SMILES string of the molecule is COc1c(Cc2ccccc2)c(=O)n(Cc2ccccc2)c2ccccc12. The topological polar surface area (TPSA) is 31.2 Å². The van der Waals surface area contributed by atoms with E-state index in [4.69, 9.17) is 4.74 Å². The van der Waals surface area contributed by atoms with E-state index in [0.29, 0.717) is 24.3 Å². The number of rotatable bonds is 5. The predicted molar refractivity (Wildman–Crippen MR) is 110 cm³/mol. The molecule has 0 saturated heterocycles. The van der Waals surface area contributed by atoms with Gasteiger partial charge in [-0.25, -0.2) is 0 Å². The molecule has 0 saturated carbocycles. The summed E-state index contributed by atoms with van der Waals surface area (Å²) in [6.45, 7) is 0.534. The van der Waals surface area contributed by atoms with Crippen molar-refractivity contribution >= 4 is 10.9 Å². The first-order chi connectivity index (χ1) is 13.3. The summed E-state index contributed by atoms with van der Waals surface area (Å²) in [7, 11) is 1.64. The van der Waals surface area contributed by atoms with Gasteiger partial charge in [-0.3, -0.25) is 4.79 Å². The van der Waals surface area contributed by atoms with Crippen LogP contribution < -0.4 is 10.3 Å². The fourth-order valence-corrected chi connectivity index (χ4v) is 3.55. The largest absolute Gasteiger partial charge is 0.496 e. The highest BCUT2D eigenvalue weighted by Crippen LogP contribution is 2.29. The van der Waals surface area contributed by atoms with Crippen molar-refractivity contribution in [3.8, 4) is 5.75 Å². The summed E-state index contributed by atoms with van der Waals surface area (Å²) in [4.78, 5) is 13.5. The standard InChI is InChI=1S/C24H21NO2/c1-27-23-20-14-8-9-15-22(20)25(17-19-12-6-3-7-13-19)24(26)21(23)16-18-10-4-2-5-11-18/h2-15H,16-17H2,1H3. The van der Waals surface area contributed by atoms with E-state index < -0.39 is 0 Å². The lowest BCUT2D eigenvalue weighted by atomic mass is 10.0. The first-order valence-corrected chi connectivity index (χ1v) is 9.04. The number of methoxy groups -OCH3 is 1. The van der Waals surface area contributed by atoms with E-state index in [0.717, 1.165) is 22.0 Å². The monoisotopic (exact) mass is 355 g/mol. The van der Waals surface area contributed by atoms with E-state index in [1.54, 1.807) is 7.11 Å². The Morgan fingerprint density at radius 2 is 1.37 bits per heavy atom. The average Bonchev–Trinajstić information content (AvgIpc) is 2.73. The molecular formula is C24H21NO2. The number of ether oxygens (including phenoxy) is 1. The molecule has 27 heavy (non-hydrogen) atoms. The quantitative estimate of drug-likeness (QED) is 0.522. The number of pyridine rings is 1. The van der Waals surface area contributed by atoms with Gasteiger partial charge in [-0.2, -0.15) is 0 Å². The number of benzene rings is 3. The molecule has 0 radical (unpaired) electrons. The van der Waals surface area contributed by atoms with Crippen LogP contribution in [0.2, 0.25) is 0 Å². The highest BCUT2D eigenvalue weighted by molar-refractivity contribution is 5.87. The zero-order valence-corrected chi connectivity index (χ0v) is 15.3. The van der Waals surface area contributed by atoms with Gasteiger partial charge in [0, 0.05) is 11.8 Å². The van der Waals surface area contributed by atoms with Crippen molar-refractivity contribution in [2.24, 2.45) is 0 Å². The third kappa shape index (κ3) is 3.36. The summed E-state index contributed by atoms with van der Waals surface area (Å²) in [5, 5.41) is 0.960. The van der Waals surface area contributed by atoms with Crippen LogP contribution in [0.25, 0.3) is 10.9 Å². The van der Waals surface area contributed by atoms with Gasteiger partial charge >= 0.3 is 0 Å². The van der Waals surface area contributed by atoms with Crippen molar-refractivity contribution in [3.05, 3.63) is 112 Å². The number of hydrogen-bond donors (Lipinski definition) is 0. The molecule has 3 nitrogen and oxygen atoms in total. The highest BCUT2D eigenvalue weighted by atomic mass is 16.5. The molecule has 0 atom stereocenters. The Morgan fingerprint density at radius 1 is 0.778 bits per heavy atom. The summed E-state index contributed by atoms with van der Waals surface area (Å²) in [6.07, 6.45) is 0.544. The zero-order valence-electron chi connectivity index (χ0n) is 15.3. The second-order valence-corrected chi connectivity index (χ2v) is 6.57. The van der Waals surface area contributed by atoms with Gasteiger partial charge in [-0.05, 0) is 23.3 Å². The second-order valence-electron chi connectivity index (χ2n) is 6.57. The molecule has 0 aliphatic heterocycles. The summed E-state index contributed by atoms with van der Waals surface area (Å²) in [6, 6.07) is 28.0. The average molecular weight is 355 g/mol. The van der Waals surface area contributed by atoms with Gasteiger partial charge in [0.25, 0.3) is 5.56 Å². The van der Waals surface area contributed by atoms with Crippen LogP contribution in [-0.2, 0) is 13.0 Å². The fourth-order valence-electron chi connectivity index (χ4n) is 3.55. The normalized spacial score (nSPS) is 10.9. The first kappa shape index (κ1) is 17.1. The molecule has 0 amide bonds. The Kier molecular flexibility index (Phi) is 4.75. The van der Waals surface area contributed by atoms with Crippen molar-refractivity contribution in [3.63, 3.8) is 0 Å². The second kappa shape index (κ2) is 7.50. The van der Waals surface area contributed by atoms with Crippen LogP contribution in [0.5, 0.6) is 5.75 Å². The van der Waals surface area contributed by atoms with E-state index in [-0.39, 0.29) is 5.56 Å². The number of para-hydroxylation sites is 1. The molecule has 1 heterocycles. The van der Waals surface area contributed by atoms with Crippen LogP contribution >= 0.6 is 0 Å². The lowest BCUT2D eigenvalue weighted by Crippen LogP contribution is -2.26. The van der Waals surface area contributed by atoms with Crippen LogP contribution in [0.3, 0.4) is 0 Å². The maximum atomic E-state index is 13.5. The molecule has 0 bridgehead atoms. The molecule has 0 aliphatic carbocycles.